The van der Waals surface area contributed by atoms with Crippen LogP contribution in [0.5, 0.6) is 11.5 Å². The fourth-order valence-corrected chi connectivity index (χ4v) is 19.3. The van der Waals surface area contributed by atoms with Crippen molar-refractivity contribution in [2.75, 3.05) is 13.2 Å². The Morgan fingerprint density at radius 3 is 1.01 bits per heavy atom. The molecular weight excluding hydrogens is 1840 g/mol. The van der Waals surface area contributed by atoms with E-state index in [4.69, 9.17) is 81.5 Å². The molecular formula is C118H116Cl2N14O10. The molecule has 2 aliphatic heterocycles. The predicted molar refractivity (Wildman–Crippen MR) is 570 cm³/mol. The maximum Gasteiger partial charge on any atom is 0.163 e. The number of fused-ring (bicyclic) bond motifs is 4. The van der Waals surface area contributed by atoms with Crippen LogP contribution in [0.3, 0.4) is 0 Å². The second kappa shape index (κ2) is 41.1. The summed E-state index contributed by atoms with van der Waals surface area (Å²) in [4.78, 5) is 98.7. The van der Waals surface area contributed by atoms with E-state index < -0.39 is 46.8 Å². The fourth-order valence-electron chi connectivity index (χ4n) is 19.0. The van der Waals surface area contributed by atoms with Gasteiger partial charge in [0, 0.05) is 129 Å². The van der Waals surface area contributed by atoms with Crippen LogP contribution in [-0.2, 0) is 65.1 Å². The van der Waals surface area contributed by atoms with Crippen LogP contribution in [0, 0.1) is 27.7 Å². The number of carbonyl (C=O) groups excluding carboxylic acids is 4. The third kappa shape index (κ3) is 21.9. The average Bonchev–Trinajstić information content (AvgIpc) is 0.922. The number of ether oxygens (including phenoxy) is 6. The van der Waals surface area contributed by atoms with Gasteiger partial charge in [-0.25, -0.2) is 39.9 Å². The number of benzene rings is 8. The van der Waals surface area contributed by atoms with Crippen LogP contribution in [-0.4, -0.2) is 128 Å². The zero-order chi connectivity index (χ0) is 102. The first kappa shape index (κ1) is 101. The van der Waals surface area contributed by atoms with Crippen molar-refractivity contribution in [1.29, 1.82) is 0 Å². The van der Waals surface area contributed by atoms with Crippen molar-refractivity contribution in [3.63, 3.8) is 0 Å². The number of hydrogen-bond donors (Lipinski definition) is 0. The SMILES string of the molecule is CC(=O)[C@@H](OC(C)(C)C)c1c(C)cc2nc(-c3ccnnc3)ccc2c1-c1ccc2c3c(ccnc13)CCO2.CC(=O)[C@@H](OC(C)(C)C)c1c(C)cc2nc(-c3cn(C)cn3)ccc2c1-c1ccc(Cl)cc1.CC(=O)[C@@H](OC(C)(C)C)c1c(C)cc2nc(-c3cn(C)cn3)ccc2c1-c1ccc2c3c(ccnc13)CCO2.CC(=O)[C@@H](OC(C)(C)C)c1c(C)cc2nc(-c3cncnc3)ccc2c1-c1ccc(Cl)cc1. The van der Waals surface area contributed by atoms with E-state index in [9.17, 15) is 19.2 Å². The number of aryl methyl sites for hydroxylation is 6. The lowest BCUT2D eigenvalue weighted by atomic mass is 9.85. The molecule has 0 spiro atoms. The number of rotatable bonds is 20. The van der Waals surface area contributed by atoms with Gasteiger partial charge in [-0.2, -0.15) is 10.2 Å². The molecule has 0 unspecified atom stereocenters. The van der Waals surface area contributed by atoms with Crippen LogP contribution < -0.4 is 9.47 Å². The molecule has 0 radical (unpaired) electrons. The Hall–Kier alpha value is -14.5. The Balaban J connectivity index is 0.000000132. The number of ketones is 4. The molecule has 10 aromatic heterocycles. The Morgan fingerprint density at radius 1 is 0.354 bits per heavy atom. The second-order valence-corrected chi connectivity index (χ2v) is 41.7. The third-order valence-electron chi connectivity index (χ3n) is 25.0. The van der Waals surface area contributed by atoms with Gasteiger partial charge < -0.3 is 37.6 Å². The molecule has 0 saturated heterocycles. The summed E-state index contributed by atoms with van der Waals surface area (Å²) in [6.45, 7) is 39.2. The van der Waals surface area contributed by atoms with Crippen molar-refractivity contribution < 1.29 is 47.6 Å². The van der Waals surface area contributed by atoms with Crippen LogP contribution >= 0.6 is 23.2 Å². The molecule has 732 valence electrons. The van der Waals surface area contributed by atoms with Gasteiger partial charge in [0.05, 0.1) is 117 Å². The summed E-state index contributed by atoms with van der Waals surface area (Å²) in [6, 6.07) is 53.7. The molecule has 24 nitrogen and oxygen atoms in total. The molecule has 0 N–H and O–H groups in total. The molecule has 4 atom stereocenters. The zero-order valence-corrected chi connectivity index (χ0v) is 86.7. The van der Waals surface area contributed by atoms with Crippen molar-refractivity contribution in [2.45, 2.75) is 198 Å². The molecule has 8 aromatic carbocycles. The van der Waals surface area contributed by atoms with Crippen LogP contribution in [0.4, 0.5) is 0 Å². The Morgan fingerprint density at radius 2 is 0.688 bits per heavy atom. The topological polar surface area (TPSA) is 288 Å². The monoisotopic (exact) mass is 1960 g/mol. The van der Waals surface area contributed by atoms with Gasteiger partial charge in [-0.3, -0.25) is 29.1 Å². The van der Waals surface area contributed by atoms with E-state index in [1.807, 2.05) is 292 Å². The van der Waals surface area contributed by atoms with Gasteiger partial charge >= 0.3 is 0 Å². The maximum atomic E-state index is 13.2. The van der Waals surface area contributed by atoms with Crippen molar-refractivity contribution in [2.24, 2.45) is 14.1 Å². The largest absolute Gasteiger partial charge is 0.493 e. The lowest BCUT2D eigenvalue weighted by molar-refractivity contribution is -0.139. The van der Waals surface area contributed by atoms with Gasteiger partial charge in [-0.1, -0.05) is 59.6 Å². The lowest BCUT2D eigenvalue weighted by Gasteiger charge is -2.30. The summed E-state index contributed by atoms with van der Waals surface area (Å²) < 4.78 is 41.3. The standard InChI is InChI=1S/C32H32N4O3.C32H30N4O3.C27H28ClN3O2.C27H26ClN3O2/c1-18-15-24-21(7-9-23(35-24)25-16-36(6)17-34-25)29(27(18)31(19(2)37)39-32(3,4)5)22-8-10-26-28-20(12-14-38-26)11-13-33-30(22)28;1-18-16-25-22(6-8-24(36-25)21-11-14-34-35-17-21)29(27(18)31(19(2)37)39-32(3,4)5)23-7-9-26-28-20(12-15-38-26)10-13-33-30(23)28;1-16-13-22-20(11-12-21(30-22)23-14-31(6)15-29-23)25(18-7-9-19(28)10-8-18)24(16)26(17(2)32)33-27(3,4)5;1-16-12-23-21(10-11-22(31-23)19-13-29-15-30-14-19)25(18-6-8-20(28)9-7-18)24(16)26(17(2)32)33-27(3,4)5/h7-11,13,15-17,31H,12,14H2,1-6H3;6-11,13-14,16-17,31H,12,15H2,1-5H3;7-15,26H,1-6H3;6-15,26H,1-5H3/t2*31-;2*26-/m1111/s1. The number of hydrogen-bond acceptors (Lipinski definition) is 22. The van der Waals surface area contributed by atoms with E-state index in [1.54, 1.807) is 65.1 Å². The highest BCUT2D eigenvalue weighted by molar-refractivity contribution is 6.31. The third-order valence-corrected chi connectivity index (χ3v) is 25.5. The van der Waals surface area contributed by atoms with Crippen molar-refractivity contribution >= 4 is 112 Å². The summed E-state index contributed by atoms with van der Waals surface area (Å²) in [6.07, 6.45) is 18.2. The minimum atomic E-state index is -0.754. The highest BCUT2D eigenvalue weighted by Crippen LogP contribution is 2.51. The molecule has 0 saturated carbocycles. The van der Waals surface area contributed by atoms with Crippen LogP contribution in [0.2, 0.25) is 10.0 Å². The van der Waals surface area contributed by atoms with Crippen molar-refractivity contribution in [3.05, 3.63) is 298 Å². The van der Waals surface area contributed by atoms with Crippen molar-refractivity contribution in [3.8, 4) is 101 Å². The van der Waals surface area contributed by atoms with Gasteiger partial charge in [-0.05, 0) is 355 Å². The normalized spacial score (nSPS) is 13.4. The molecule has 12 heterocycles. The quantitative estimate of drug-likeness (QED) is 0.0685. The van der Waals surface area contributed by atoms with E-state index in [1.165, 1.54) is 17.5 Å². The molecule has 0 fully saturated rings. The van der Waals surface area contributed by atoms with E-state index in [0.717, 1.165) is 224 Å². The number of imidazole rings is 2. The molecule has 18 aromatic rings. The highest BCUT2D eigenvalue weighted by atomic mass is 35.5. The first-order valence-corrected chi connectivity index (χ1v) is 48.8. The minimum Gasteiger partial charge on any atom is -0.493 e. The number of Topliss-reactive ketones (excluding diaryl/α,β-unsaturated/α-hetero) is 4. The minimum absolute atomic E-state index is 0.0411. The van der Waals surface area contributed by atoms with Gasteiger partial charge in [-0.15, -0.1) is 0 Å². The maximum absolute atomic E-state index is 13.2. The van der Waals surface area contributed by atoms with E-state index in [2.05, 4.69) is 60.5 Å². The second-order valence-electron chi connectivity index (χ2n) is 40.8. The van der Waals surface area contributed by atoms with E-state index in [-0.39, 0.29) is 23.1 Å². The number of aromatic nitrogens is 14. The predicted octanol–water partition coefficient (Wildman–Crippen LogP) is 26.6. The van der Waals surface area contributed by atoms with E-state index >= 15 is 0 Å². The molecule has 0 amide bonds. The van der Waals surface area contributed by atoms with Crippen LogP contribution in [0.15, 0.2) is 232 Å². The van der Waals surface area contributed by atoms with Gasteiger partial charge in [0.25, 0.3) is 0 Å². The van der Waals surface area contributed by atoms with Gasteiger partial charge in [0.1, 0.15) is 53.6 Å². The van der Waals surface area contributed by atoms with Crippen LogP contribution in [0.25, 0.3) is 155 Å². The molecule has 144 heavy (non-hydrogen) atoms. The fraction of sp³-hybridized carbons (Fsp3) is 0.288. The van der Waals surface area contributed by atoms with Crippen molar-refractivity contribution in [1.82, 2.24) is 69.2 Å². The van der Waals surface area contributed by atoms with E-state index in [0.29, 0.717) is 23.3 Å². The molecule has 0 bridgehead atoms. The number of nitrogens with zero attached hydrogens (tertiary/aromatic N) is 14. The molecule has 26 heteroatoms. The molecule has 2 aliphatic rings. The Kier molecular flexibility index (Phi) is 28.8. The highest BCUT2D eigenvalue weighted by Gasteiger charge is 2.37. The summed E-state index contributed by atoms with van der Waals surface area (Å²) >= 11 is 12.4. The summed E-state index contributed by atoms with van der Waals surface area (Å²) in [5.74, 6) is 1.48. The van der Waals surface area contributed by atoms with Crippen LogP contribution in [0.1, 0.15) is 191 Å². The smallest absolute Gasteiger partial charge is 0.163 e. The zero-order valence-electron chi connectivity index (χ0n) is 85.2. The number of pyridine rings is 6. The first-order valence-electron chi connectivity index (χ1n) is 48.1. The lowest BCUT2D eigenvalue weighted by Crippen LogP contribution is -2.27. The molecule has 0 aliphatic carbocycles. The molecule has 20 rings (SSSR count). The Bertz CT molecular complexity index is 8000. The van der Waals surface area contributed by atoms with Gasteiger partial charge in [0.15, 0.2) is 23.1 Å². The van der Waals surface area contributed by atoms with Gasteiger partial charge in [0.2, 0.25) is 0 Å². The average molecular weight is 1960 g/mol. The number of halogens is 2. The first-order chi connectivity index (χ1) is 68.5. The Labute approximate surface area is 847 Å². The summed E-state index contributed by atoms with van der Waals surface area (Å²) in [7, 11) is 3.88. The summed E-state index contributed by atoms with van der Waals surface area (Å²) in [5, 5.41) is 15.0. The number of carbonyl (C=O) groups is 4. The summed E-state index contributed by atoms with van der Waals surface area (Å²) in [5.41, 5.74) is 26.5.